The van der Waals surface area contributed by atoms with Crippen molar-refractivity contribution in [1.29, 1.82) is 5.41 Å². The molecule has 0 radical (unpaired) electrons. The third-order valence-corrected chi connectivity index (χ3v) is 3.26. The Hall–Kier alpha value is -1.30. The lowest BCUT2D eigenvalue weighted by atomic mass is 10.0. The van der Waals surface area contributed by atoms with Crippen LogP contribution in [0.25, 0.3) is 0 Å². The predicted octanol–water partition coefficient (Wildman–Crippen LogP) is 0.475. The van der Waals surface area contributed by atoms with Gasteiger partial charge in [-0.2, -0.15) is 0 Å². The summed E-state index contributed by atoms with van der Waals surface area (Å²) in [5.74, 6) is 0.155. The monoisotopic (exact) mass is 242 g/mol. The van der Waals surface area contributed by atoms with Crippen molar-refractivity contribution in [1.82, 2.24) is 9.80 Å². The number of amidine groups is 1. The SMILES string of the molecule is CCOC(=O)N1CCN(C(C)(C)C(=N)N)CC1. The summed E-state index contributed by atoms with van der Waals surface area (Å²) in [6.45, 7) is 8.72. The molecule has 0 saturated carbocycles. The van der Waals surface area contributed by atoms with E-state index in [1.54, 1.807) is 11.8 Å². The fourth-order valence-electron chi connectivity index (χ4n) is 1.83. The van der Waals surface area contributed by atoms with Crippen molar-refractivity contribution in [2.45, 2.75) is 26.3 Å². The van der Waals surface area contributed by atoms with Crippen molar-refractivity contribution >= 4 is 11.9 Å². The van der Waals surface area contributed by atoms with E-state index >= 15 is 0 Å². The van der Waals surface area contributed by atoms with Gasteiger partial charge >= 0.3 is 6.09 Å². The molecule has 6 heteroatoms. The van der Waals surface area contributed by atoms with E-state index in [-0.39, 0.29) is 11.9 Å². The Bertz CT molecular complexity index is 296. The van der Waals surface area contributed by atoms with E-state index in [4.69, 9.17) is 15.9 Å². The molecule has 98 valence electrons. The number of nitrogens with zero attached hydrogens (tertiary/aromatic N) is 2. The Balaban J connectivity index is 2.51. The first-order valence-electron chi connectivity index (χ1n) is 5.90. The van der Waals surface area contributed by atoms with Gasteiger partial charge in [-0.1, -0.05) is 0 Å². The van der Waals surface area contributed by atoms with Crippen molar-refractivity contribution in [3.8, 4) is 0 Å². The normalized spacial score (nSPS) is 17.9. The van der Waals surface area contributed by atoms with Gasteiger partial charge in [0.25, 0.3) is 0 Å². The first kappa shape index (κ1) is 13.8. The molecule has 0 bridgehead atoms. The summed E-state index contributed by atoms with van der Waals surface area (Å²) in [7, 11) is 0. The second-order valence-corrected chi connectivity index (χ2v) is 4.65. The highest BCUT2D eigenvalue weighted by Gasteiger charge is 2.33. The highest BCUT2D eigenvalue weighted by molar-refractivity contribution is 5.86. The molecule has 1 amide bonds. The summed E-state index contributed by atoms with van der Waals surface area (Å²) in [5.41, 5.74) is 5.14. The van der Waals surface area contributed by atoms with Crippen molar-refractivity contribution in [2.75, 3.05) is 32.8 Å². The van der Waals surface area contributed by atoms with Crippen molar-refractivity contribution < 1.29 is 9.53 Å². The molecule has 1 fully saturated rings. The van der Waals surface area contributed by atoms with Gasteiger partial charge in [-0.15, -0.1) is 0 Å². The number of amides is 1. The summed E-state index contributed by atoms with van der Waals surface area (Å²) in [6, 6.07) is 0. The third-order valence-electron chi connectivity index (χ3n) is 3.26. The minimum Gasteiger partial charge on any atom is -0.450 e. The molecule has 17 heavy (non-hydrogen) atoms. The zero-order valence-electron chi connectivity index (χ0n) is 10.8. The van der Waals surface area contributed by atoms with Crippen LogP contribution >= 0.6 is 0 Å². The molecule has 1 aliphatic heterocycles. The lowest BCUT2D eigenvalue weighted by molar-refractivity contribution is 0.0604. The number of carbonyl (C=O) groups is 1. The number of nitrogens with two attached hydrogens (primary N) is 1. The van der Waals surface area contributed by atoms with Crippen molar-refractivity contribution in [3.63, 3.8) is 0 Å². The highest BCUT2D eigenvalue weighted by atomic mass is 16.6. The Labute approximate surface area is 102 Å². The number of piperazine rings is 1. The first-order valence-corrected chi connectivity index (χ1v) is 5.90. The second kappa shape index (κ2) is 5.35. The standard InChI is InChI=1S/C11H22N4O2/c1-4-17-10(16)14-5-7-15(8-6-14)11(2,3)9(12)13/h4-8H2,1-3H3,(H3,12,13). The van der Waals surface area contributed by atoms with E-state index in [0.717, 1.165) is 0 Å². The molecule has 6 nitrogen and oxygen atoms in total. The van der Waals surface area contributed by atoms with Gasteiger partial charge in [0, 0.05) is 26.2 Å². The van der Waals surface area contributed by atoms with Crippen LogP contribution in [0.15, 0.2) is 0 Å². The Morgan fingerprint density at radius 2 is 1.88 bits per heavy atom. The summed E-state index contributed by atoms with van der Waals surface area (Å²) >= 11 is 0. The van der Waals surface area contributed by atoms with Gasteiger partial charge in [0.2, 0.25) is 0 Å². The predicted molar refractivity (Wildman–Crippen MR) is 66.2 cm³/mol. The maximum absolute atomic E-state index is 11.5. The van der Waals surface area contributed by atoms with E-state index in [0.29, 0.717) is 32.8 Å². The van der Waals surface area contributed by atoms with E-state index in [2.05, 4.69) is 4.90 Å². The van der Waals surface area contributed by atoms with Crippen LogP contribution in [0.5, 0.6) is 0 Å². The highest BCUT2D eigenvalue weighted by Crippen LogP contribution is 2.16. The summed E-state index contributed by atoms with van der Waals surface area (Å²) < 4.78 is 4.95. The Kier molecular flexibility index (Phi) is 4.34. The van der Waals surface area contributed by atoms with Gasteiger partial charge < -0.3 is 15.4 Å². The molecule has 0 aromatic carbocycles. The molecule has 0 aliphatic carbocycles. The van der Waals surface area contributed by atoms with Crippen LogP contribution in [0.1, 0.15) is 20.8 Å². The number of ether oxygens (including phenoxy) is 1. The van der Waals surface area contributed by atoms with Gasteiger partial charge in [-0.3, -0.25) is 10.3 Å². The number of nitrogens with one attached hydrogen (secondary N) is 1. The van der Waals surface area contributed by atoms with Crippen LogP contribution in [0.2, 0.25) is 0 Å². The van der Waals surface area contributed by atoms with Crippen LogP contribution in [-0.2, 0) is 4.74 Å². The molecule has 0 aromatic heterocycles. The average molecular weight is 242 g/mol. The fourth-order valence-corrected chi connectivity index (χ4v) is 1.83. The molecule has 0 unspecified atom stereocenters. The number of hydrogen-bond acceptors (Lipinski definition) is 4. The quantitative estimate of drug-likeness (QED) is 0.557. The van der Waals surface area contributed by atoms with Crippen LogP contribution in [0.4, 0.5) is 4.79 Å². The minimum absolute atomic E-state index is 0.155. The fraction of sp³-hybridized carbons (Fsp3) is 0.818. The maximum atomic E-state index is 11.5. The average Bonchev–Trinajstić information content (AvgIpc) is 2.29. The molecule has 0 atom stereocenters. The zero-order chi connectivity index (χ0) is 13.1. The minimum atomic E-state index is -0.444. The van der Waals surface area contributed by atoms with Crippen molar-refractivity contribution in [3.05, 3.63) is 0 Å². The molecule has 0 aromatic rings. The lowest BCUT2D eigenvalue weighted by Gasteiger charge is -2.42. The van der Waals surface area contributed by atoms with E-state index in [9.17, 15) is 4.79 Å². The van der Waals surface area contributed by atoms with Crippen LogP contribution in [0.3, 0.4) is 0 Å². The van der Waals surface area contributed by atoms with E-state index < -0.39 is 5.54 Å². The van der Waals surface area contributed by atoms with Gasteiger partial charge in [-0.05, 0) is 20.8 Å². The number of rotatable bonds is 3. The molecule has 0 spiro atoms. The smallest absolute Gasteiger partial charge is 0.409 e. The number of hydrogen-bond donors (Lipinski definition) is 2. The zero-order valence-corrected chi connectivity index (χ0v) is 10.8. The number of carbonyl (C=O) groups excluding carboxylic acids is 1. The van der Waals surface area contributed by atoms with E-state index in [1.807, 2.05) is 13.8 Å². The topological polar surface area (TPSA) is 82.7 Å². The van der Waals surface area contributed by atoms with Crippen molar-refractivity contribution in [2.24, 2.45) is 5.73 Å². The first-order chi connectivity index (χ1) is 7.89. The van der Waals surface area contributed by atoms with E-state index in [1.165, 1.54) is 0 Å². The third kappa shape index (κ3) is 3.09. The summed E-state index contributed by atoms with van der Waals surface area (Å²) in [6.07, 6.45) is -0.257. The molecule has 1 rings (SSSR count). The Morgan fingerprint density at radius 1 is 1.35 bits per heavy atom. The van der Waals surface area contributed by atoms with Crippen LogP contribution in [-0.4, -0.2) is 60.1 Å². The van der Waals surface area contributed by atoms with Gasteiger partial charge in [-0.25, -0.2) is 4.79 Å². The summed E-state index contributed by atoms with van der Waals surface area (Å²) in [4.78, 5) is 15.3. The maximum Gasteiger partial charge on any atom is 0.409 e. The molecular formula is C11H22N4O2. The molecule has 1 saturated heterocycles. The van der Waals surface area contributed by atoms with Gasteiger partial charge in [0.1, 0.15) is 5.84 Å². The largest absolute Gasteiger partial charge is 0.450 e. The second-order valence-electron chi connectivity index (χ2n) is 4.65. The van der Waals surface area contributed by atoms with Gasteiger partial charge in [0.15, 0.2) is 0 Å². The van der Waals surface area contributed by atoms with Crippen LogP contribution in [0, 0.1) is 5.41 Å². The molecule has 1 aliphatic rings. The van der Waals surface area contributed by atoms with Crippen LogP contribution < -0.4 is 5.73 Å². The Morgan fingerprint density at radius 3 is 2.29 bits per heavy atom. The molecular weight excluding hydrogens is 220 g/mol. The van der Waals surface area contributed by atoms with Gasteiger partial charge in [0.05, 0.1) is 12.1 Å². The lowest BCUT2D eigenvalue weighted by Crippen LogP contribution is -2.60. The summed E-state index contributed by atoms with van der Waals surface area (Å²) in [5, 5.41) is 7.56. The molecule has 3 N–H and O–H groups in total. The molecule has 1 heterocycles.